The Labute approximate surface area is 168 Å². The molecule has 3 fully saturated rings. The SMILES string of the molecule is O[C@@H]1CN(CC2CNNC2c2ccc(Cl)cc2)CC[C@H]1N1CCCCCC1. The number of nitrogens with zero attached hydrogens (tertiary/aromatic N) is 2. The second-order valence-electron chi connectivity index (χ2n) is 8.45. The van der Waals surface area contributed by atoms with E-state index in [0.29, 0.717) is 18.0 Å². The summed E-state index contributed by atoms with van der Waals surface area (Å²) >= 11 is 6.04. The highest BCUT2D eigenvalue weighted by Crippen LogP contribution is 2.28. The highest BCUT2D eigenvalue weighted by molar-refractivity contribution is 6.30. The van der Waals surface area contributed by atoms with E-state index in [1.807, 2.05) is 12.1 Å². The number of likely N-dealkylation sites (tertiary alicyclic amines) is 2. The fourth-order valence-corrected chi connectivity index (χ4v) is 5.19. The van der Waals surface area contributed by atoms with Crippen molar-refractivity contribution in [1.29, 1.82) is 0 Å². The van der Waals surface area contributed by atoms with Crippen molar-refractivity contribution in [3.05, 3.63) is 34.9 Å². The highest BCUT2D eigenvalue weighted by atomic mass is 35.5. The first-order valence-electron chi connectivity index (χ1n) is 10.6. The summed E-state index contributed by atoms with van der Waals surface area (Å²) in [6.07, 6.45) is 6.12. The number of aliphatic hydroxyl groups is 1. The van der Waals surface area contributed by atoms with E-state index < -0.39 is 0 Å². The minimum atomic E-state index is -0.229. The summed E-state index contributed by atoms with van der Waals surface area (Å²) in [5.74, 6) is 0.494. The smallest absolute Gasteiger partial charge is 0.0822 e. The number of rotatable bonds is 4. The molecule has 6 heteroatoms. The number of β-amino-alcohol motifs (C(OH)–C–C–N with tert-alkyl or cyclic N) is 1. The Bertz CT molecular complexity index is 590. The number of hydrogen-bond acceptors (Lipinski definition) is 5. The molecule has 0 spiro atoms. The van der Waals surface area contributed by atoms with Crippen molar-refractivity contribution in [1.82, 2.24) is 20.7 Å². The number of piperidine rings is 1. The number of aliphatic hydroxyl groups excluding tert-OH is 1. The van der Waals surface area contributed by atoms with Gasteiger partial charge in [0.15, 0.2) is 0 Å². The predicted octanol–water partition coefficient (Wildman–Crippen LogP) is 2.42. The Kier molecular flexibility index (Phi) is 6.69. The molecule has 4 atom stereocenters. The topological polar surface area (TPSA) is 50.8 Å². The quantitative estimate of drug-likeness (QED) is 0.734. The molecule has 1 aromatic rings. The van der Waals surface area contributed by atoms with E-state index in [2.05, 4.69) is 32.8 Å². The third kappa shape index (κ3) is 4.84. The number of hydrazine groups is 1. The Morgan fingerprint density at radius 2 is 1.78 bits per heavy atom. The van der Waals surface area contributed by atoms with Gasteiger partial charge >= 0.3 is 0 Å². The third-order valence-corrected chi connectivity index (χ3v) is 6.81. The molecule has 150 valence electrons. The molecule has 3 aliphatic rings. The molecule has 27 heavy (non-hydrogen) atoms. The predicted molar refractivity (Wildman–Crippen MR) is 110 cm³/mol. The first kappa shape index (κ1) is 19.6. The van der Waals surface area contributed by atoms with Crippen LogP contribution in [0.15, 0.2) is 24.3 Å². The number of benzene rings is 1. The number of halogens is 1. The van der Waals surface area contributed by atoms with Crippen molar-refractivity contribution >= 4 is 11.6 Å². The largest absolute Gasteiger partial charge is 0.390 e. The van der Waals surface area contributed by atoms with E-state index in [4.69, 9.17) is 11.6 Å². The maximum Gasteiger partial charge on any atom is 0.0822 e. The van der Waals surface area contributed by atoms with Gasteiger partial charge in [-0.1, -0.05) is 36.6 Å². The van der Waals surface area contributed by atoms with Gasteiger partial charge in [0.2, 0.25) is 0 Å². The molecule has 2 unspecified atom stereocenters. The number of hydrogen-bond donors (Lipinski definition) is 3. The molecule has 0 aliphatic carbocycles. The van der Waals surface area contributed by atoms with Crippen molar-refractivity contribution in [2.45, 2.75) is 50.3 Å². The van der Waals surface area contributed by atoms with E-state index in [9.17, 15) is 5.11 Å². The van der Waals surface area contributed by atoms with Gasteiger partial charge in [-0.3, -0.25) is 10.3 Å². The normalized spacial score (nSPS) is 33.9. The van der Waals surface area contributed by atoms with Crippen molar-refractivity contribution < 1.29 is 5.11 Å². The Hall–Kier alpha value is -0.690. The van der Waals surface area contributed by atoms with Crippen LogP contribution in [0.4, 0.5) is 0 Å². The fraction of sp³-hybridized carbons (Fsp3) is 0.714. The molecule has 0 radical (unpaired) electrons. The van der Waals surface area contributed by atoms with Crippen molar-refractivity contribution in [2.75, 3.05) is 39.3 Å². The zero-order chi connectivity index (χ0) is 18.6. The van der Waals surface area contributed by atoms with Gasteiger partial charge in [-0.15, -0.1) is 0 Å². The summed E-state index contributed by atoms with van der Waals surface area (Å²) in [4.78, 5) is 5.02. The molecule has 4 rings (SSSR count). The maximum atomic E-state index is 10.8. The van der Waals surface area contributed by atoms with Crippen LogP contribution in [-0.4, -0.2) is 66.3 Å². The van der Waals surface area contributed by atoms with Gasteiger partial charge in [0, 0.05) is 36.6 Å². The van der Waals surface area contributed by atoms with Gasteiger partial charge < -0.3 is 10.0 Å². The van der Waals surface area contributed by atoms with Crippen molar-refractivity contribution in [3.8, 4) is 0 Å². The van der Waals surface area contributed by atoms with Crippen LogP contribution in [0.1, 0.15) is 43.7 Å². The van der Waals surface area contributed by atoms with E-state index >= 15 is 0 Å². The standard InChI is InChI=1S/C21H33ClN4O/c22-18-7-5-16(6-8-18)21-17(13-23-24-21)14-25-12-9-19(20(27)15-25)26-10-3-1-2-4-11-26/h5-8,17,19-21,23-24,27H,1-4,9-15H2/t17?,19-,20-,21?/m1/s1. The molecular weight excluding hydrogens is 360 g/mol. The molecule has 3 heterocycles. The van der Waals surface area contributed by atoms with Gasteiger partial charge in [-0.25, -0.2) is 5.43 Å². The van der Waals surface area contributed by atoms with Gasteiger partial charge in [0.05, 0.1) is 12.1 Å². The zero-order valence-corrected chi connectivity index (χ0v) is 16.9. The van der Waals surface area contributed by atoms with Crippen LogP contribution in [-0.2, 0) is 0 Å². The van der Waals surface area contributed by atoms with E-state index in [-0.39, 0.29) is 6.10 Å². The maximum absolute atomic E-state index is 10.8. The lowest BCUT2D eigenvalue weighted by Gasteiger charge is -2.42. The Morgan fingerprint density at radius 1 is 1.04 bits per heavy atom. The van der Waals surface area contributed by atoms with Crippen LogP contribution in [0.25, 0.3) is 0 Å². The molecular formula is C21H33ClN4O. The Morgan fingerprint density at radius 3 is 2.48 bits per heavy atom. The molecule has 3 saturated heterocycles. The summed E-state index contributed by atoms with van der Waals surface area (Å²) in [6, 6.07) is 8.80. The summed E-state index contributed by atoms with van der Waals surface area (Å²) in [7, 11) is 0. The lowest BCUT2D eigenvalue weighted by molar-refractivity contribution is -0.0160. The Balaban J connectivity index is 1.33. The van der Waals surface area contributed by atoms with E-state index in [1.54, 1.807) is 0 Å². The van der Waals surface area contributed by atoms with Crippen molar-refractivity contribution in [3.63, 3.8) is 0 Å². The average molecular weight is 393 g/mol. The molecule has 0 bridgehead atoms. The lowest BCUT2D eigenvalue weighted by atomic mass is 9.92. The highest BCUT2D eigenvalue weighted by Gasteiger charge is 2.35. The molecule has 1 aromatic carbocycles. The first-order chi connectivity index (χ1) is 13.2. The van der Waals surface area contributed by atoms with Gasteiger partial charge in [-0.05, 0) is 56.6 Å². The molecule has 3 aliphatic heterocycles. The van der Waals surface area contributed by atoms with Gasteiger partial charge in [0.25, 0.3) is 0 Å². The van der Waals surface area contributed by atoms with E-state index in [1.165, 1.54) is 31.2 Å². The second kappa shape index (κ2) is 9.21. The average Bonchev–Trinajstić information content (AvgIpc) is 2.95. The number of nitrogens with one attached hydrogen (secondary N) is 2. The molecule has 5 nitrogen and oxygen atoms in total. The molecule has 0 aromatic heterocycles. The van der Waals surface area contributed by atoms with Crippen LogP contribution in [0.5, 0.6) is 0 Å². The fourth-order valence-electron chi connectivity index (χ4n) is 5.07. The van der Waals surface area contributed by atoms with Gasteiger partial charge in [0.1, 0.15) is 0 Å². The summed E-state index contributed by atoms with van der Waals surface area (Å²) < 4.78 is 0. The first-order valence-corrected chi connectivity index (χ1v) is 11.0. The monoisotopic (exact) mass is 392 g/mol. The van der Waals surface area contributed by atoms with Crippen LogP contribution in [0, 0.1) is 5.92 Å². The molecule has 0 amide bonds. The van der Waals surface area contributed by atoms with Crippen LogP contribution >= 0.6 is 11.6 Å². The summed E-state index contributed by atoms with van der Waals surface area (Å²) in [5.41, 5.74) is 8.02. The van der Waals surface area contributed by atoms with Gasteiger partial charge in [-0.2, -0.15) is 0 Å². The summed E-state index contributed by atoms with van der Waals surface area (Å²) in [5, 5.41) is 11.6. The minimum Gasteiger partial charge on any atom is -0.390 e. The third-order valence-electron chi connectivity index (χ3n) is 6.56. The minimum absolute atomic E-state index is 0.229. The van der Waals surface area contributed by atoms with Crippen LogP contribution in [0.3, 0.4) is 0 Å². The molecule has 0 saturated carbocycles. The van der Waals surface area contributed by atoms with E-state index in [0.717, 1.165) is 50.7 Å². The zero-order valence-electron chi connectivity index (χ0n) is 16.1. The molecule has 3 N–H and O–H groups in total. The van der Waals surface area contributed by atoms with Crippen LogP contribution < -0.4 is 10.9 Å². The summed E-state index contributed by atoms with van der Waals surface area (Å²) in [6.45, 7) is 6.17. The second-order valence-corrected chi connectivity index (χ2v) is 8.88. The van der Waals surface area contributed by atoms with Crippen molar-refractivity contribution in [2.24, 2.45) is 5.92 Å². The lowest BCUT2D eigenvalue weighted by Crippen LogP contribution is -2.55. The van der Waals surface area contributed by atoms with Crippen LogP contribution in [0.2, 0.25) is 5.02 Å².